The van der Waals surface area contributed by atoms with E-state index in [1.807, 2.05) is 6.92 Å². The summed E-state index contributed by atoms with van der Waals surface area (Å²) in [4.78, 5) is 0. The zero-order chi connectivity index (χ0) is 14.5. The number of benzene rings is 2. The molecule has 0 bridgehead atoms. The minimum atomic E-state index is -0.976. The number of rotatable bonds is 5. The molecule has 0 saturated carbocycles. The van der Waals surface area contributed by atoms with Crippen molar-refractivity contribution in [2.24, 2.45) is 0 Å². The van der Waals surface area contributed by atoms with Crippen molar-refractivity contribution in [3.8, 4) is 22.6 Å². The fraction of sp³-hybridized carbons (Fsp3) is 0.250. The molecular weight excluding hydrogens is 262 g/mol. The van der Waals surface area contributed by atoms with Gasteiger partial charge in [0, 0.05) is 5.56 Å². The van der Waals surface area contributed by atoms with Crippen LogP contribution in [0, 0.1) is 11.6 Å². The van der Waals surface area contributed by atoms with Crippen LogP contribution in [-0.2, 0) is 0 Å². The lowest BCUT2D eigenvalue weighted by Gasteiger charge is -2.09. The molecule has 4 heteroatoms. The predicted molar refractivity (Wildman–Crippen MR) is 74.1 cm³/mol. The third-order valence-corrected chi connectivity index (χ3v) is 2.90. The Labute approximate surface area is 117 Å². The van der Waals surface area contributed by atoms with Crippen LogP contribution in [0.1, 0.15) is 13.3 Å². The van der Waals surface area contributed by atoms with Gasteiger partial charge in [-0.1, -0.05) is 19.1 Å². The molecule has 0 heterocycles. The van der Waals surface area contributed by atoms with Crippen molar-refractivity contribution < 1.29 is 18.3 Å². The van der Waals surface area contributed by atoms with E-state index in [1.54, 1.807) is 24.3 Å². The largest absolute Gasteiger partial charge is 0.494 e. The second kappa shape index (κ2) is 6.37. The van der Waals surface area contributed by atoms with Crippen molar-refractivity contribution in [2.45, 2.75) is 13.3 Å². The van der Waals surface area contributed by atoms with E-state index in [0.717, 1.165) is 6.42 Å². The standard InChI is InChI=1S/C16H16F2O2/c1-3-10-20-12-6-4-11(5-7-12)13-8-9-14(19-2)16(18)15(13)17/h4-9H,3,10H2,1-2H3. The van der Waals surface area contributed by atoms with Gasteiger partial charge in [-0.2, -0.15) is 4.39 Å². The topological polar surface area (TPSA) is 18.5 Å². The van der Waals surface area contributed by atoms with Crippen LogP contribution in [0.15, 0.2) is 36.4 Å². The predicted octanol–water partition coefficient (Wildman–Crippen LogP) is 4.43. The molecule has 0 aliphatic rings. The molecule has 0 N–H and O–H groups in total. The summed E-state index contributed by atoms with van der Waals surface area (Å²) in [5, 5.41) is 0. The van der Waals surface area contributed by atoms with Crippen LogP contribution in [0.3, 0.4) is 0 Å². The summed E-state index contributed by atoms with van der Waals surface area (Å²) in [6.45, 7) is 2.65. The van der Waals surface area contributed by atoms with Gasteiger partial charge in [-0.15, -0.1) is 0 Å². The minimum Gasteiger partial charge on any atom is -0.494 e. The Morgan fingerprint density at radius 2 is 1.65 bits per heavy atom. The Bertz CT molecular complexity index is 580. The van der Waals surface area contributed by atoms with Crippen LogP contribution in [0.25, 0.3) is 11.1 Å². The molecule has 106 valence electrons. The van der Waals surface area contributed by atoms with E-state index in [4.69, 9.17) is 9.47 Å². The van der Waals surface area contributed by atoms with E-state index in [0.29, 0.717) is 17.9 Å². The summed E-state index contributed by atoms with van der Waals surface area (Å²) < 4.78 is 37.8. The molecule has 0 unspecified atom stereocenters. The van der Waals surface area contributed by atoms with Crippen molar-refractivity contribution in [2.75, 3.05) is 13.7 Å². The highest BCUT2D eigenvalue weighted by molar-refractivity contribution is 5.66. The monoisotopic (exact) mass is 278 g/mol. The number of halogens is 2. The fourth-order valence-corrected chi connectivity index (χ4v) is 1.86. The van der Waals surface area contributed by atoms with E-state index in [9.17, 15) is 8.78 Å². The van der Waals surface area contributed by atoms with Gasteiger partial charge in [0.1, 0.15) is 5.75 Å². The molecule has 0 spiro atoms. The van der Waals surface area contributed by atoms with Crippen LogP contribution in [0.2, 0.25) is 0 Å². The molecule has 20 heavy (non-hydrogen) atoms. The SMILES string of the molecule is CCCOc1ccc(-c2ccc(OC)c(F)c2F)cc1. The van der Waals surface area contributed by atoms with E-state index in [1.165, 1.54) is 19.2 Å². The normalized spacial score (nSPS) is 10.4. The maximum atomic E-state index is 14.0. The average molecular weight is 278 g/mol. The highest BCUT2D eigenvalue weighted by atomic mass is 19.2. The first-order valence-electron chi connectivity index (χ1n) is 6.42. The van der Waals surface area contributed by atoms with E-state index in [2.05, 4.69) is 0 Å². The van der Waals surface area contributed by atoms with E-state index in [-0.39, 0.29) is 11.3 Å². The van der Waals surface area contributed by atoms with Gasteiger partial charge in [0.2, 0.25) is 5.82 Å². The molecule has 0 aliphatic heterocycles. The Morgan fingerprint density at radius 1 is 0.950 bits per heavy atom. The van der Waals surface area contributed by atoms with Crippen LogP contribution in [0.4, 0.5) is 8.78 Å². The quantitative estimate of drug-likeness (QED) is 0.805. The summed E-state index contributed by atoms with van der Waals surface area (Å²) in [7, 11) is 1.30. The zero-order valence-corrected chi connectivity index (χ0v) is 11.5. The average Bonchev–Trinajstić information content (AvgIpc) is 2.48. The molecule has 0 atom stereocenters. The molecule has 2 nitrogen and oxygen atoms in total. The van der Waals surface area contributed by atoms with Gasteiger partial charge in [0.15, 0.2) is 11.6 Å². The second-order valence-corrected chi connectivity index (χ2v) is 4.32. The third kappa shape index (κ3) is 2.90. The lowest BCUT2D eigenvalue weighted by atomic mass is 10.0. The number of ether oxygens (including phenoxy) is 2. The molecule has 0 fully saturated rings. The van der Waals surface area contributed by atoms with Crippen LogP contribution >= 0.6 is 0 Å². The first-order valence-corrected chi connectivity index (χ1v) is 6.42. The van der Waals surface area contributed by atoms with Crippen LogP contribution in [0.5, 0.6) is 11.5 Å². The maximum absolute atomic E-state index is 14.0. The second-order valence-electron chi connectivity index (χ2n) is 4.32. The van der Waals surface area contributed by atoms with Gasteiger partial charge in [-0.25, -0.2) is 4.39 Å². The first-order chi connectivity index (χ1) is 9.67. The lowest BCUT2D eigenvalue weighted by molar-refractivity contribution is 0.317. The van der Waals surface area contributed by atoms with Crippen LogP contribution in [-0.4, -0.2) is 13.7 Å². The van der Waals surface area contributed by atoms with Crippen molar-refractivity contribution >= 4 is 0 Å². The molecule has 0 saturated heterocycles. The molecule has 0 aromatic heterocycles. The lowest BCUT2D eigenvalue weighted by Crippen LogP contribution is -1.96. The van der Waals surface area contributed by atoms with Gasteiger partial charge in [0.05, 0.1) is 13.7 Å². The molecular formula is C16H16F2O2. The van der Waals surface area contributed by atoms with Crippen molar-refractivity contribution in [1.82, 2.24) is 0 Å². The van der Waals surface area contributed by atoms with Gasteiger partial charge in [-0.05, 0) is 36.2 Å². The molecule has 2 aromatic carbocycles. The van der Waals surface area contributed by atoms with Crippen LogP contribution < -0.4 is 9.47 Å². The van der Waals surface area contributed by atoms with Crippen molar-refractivity contribution in [3.05, 3.63) is 48.0 Å². The summed E-state index contributed by atoms with van der Waals surface area (Å²) >= 11 is 0. The third-order valence-electron chi connectivity index (χ3n) is 2.90. The maximum Gasteiger partial charge on any atom is 0.201 e. The number of methoxy groups -OCH3 is 1. The Kier molecular flexibility index (Phi) is 4.56. The summed E-state index contributed by atoms with van der Waals surface area (Å²) in [6, 6.07) is 9.80. The zero-order valence-electron chi connectivity index (χ0n) is 11.5. The Balaban J connectivity index is 2.30. The Morgan fingerprint density at radius 3 is 2.25 bits per heavy atom. The van der Waals surface area contributed by atoms with E-state index >= 15 is 0 Å². The van der Waals surface area contributed by atoms with Gasteiger partial charge in [0.25, 0.3) is 0 Å². The molecule has 2 aromatic rings. The smallest absolute Gasteiger partial charge is 0.201 e. The van der Waals surface area contributed by atoms with Crippen molar-refractivity contribution in [3.63, 3.8) is 0 Å². The summed E-state index contributed by atoms with van der Waals surface area (Å²) in [5.74, 6) is -1.28. The number of hydrogen-bond donors (Lipinski definition) is 0. The highest BCUT2D eigenvalue weighted by Gasteiger charge is 2.15. The molecule has 2 rings (SSSR count). The van der Waals surface area contributed by atoms with E-state index < -0.39 is 11.6 Å². The molecule has 0 aliphatic carbocycles. The first kappa shape index (κ1) is 14.3. The highest BCUT2D eigenvalue weighted by Crippen LogP contribution is 2.30. The van der Waals surface area contributed by atoms with Crippen molar-refractivity contribution in [1.29, 1.82) is 0 Å². The summed E-state index contributed by atoms with van der Waals surface area (Å²) in [5.41, 5.74) is 0.790. The molecule has 0 radical (unpaired) electrons. The summed E-state index contributed by atoms with van der Waals surface area (Å²) in [6.07, 6.45) is 0.917. The number of hydrogen-bond acceptors (Lipinski definition) is 2. The fourth-order valence-electron chi connectivity index (χ4n) is 1.86. The Hall–Kier alpha value is -2.10. The molecule has 0 amide bonds. The van der Waals surface area contributed by atoms with Gasteiger partial charge < -0.3 is 9.47 Å². The minimum absolute atomic E-state index is 0.103. The van der Waals surface area contributed by atoms with Gasteiger partial charge >= 0.3 is 0 Å². The van der Waals surface area contributed by atoms with Gasteiger partial charge in [-0.3, -0.25) is 0 Å².